The molecule has 148 valence electrons. The number of amides is 1. The molecule has 1 aliphatic carbocycles. The number of benzene rings is 1. The van der Waals surface area contributed by atoms with Gasteiger partial charge in [0.25, 0.3) is 5.91 Å². The van der Waals surface area contributed by atoms with Gasteiger partial charge in [-0.05, 0) is 36.5 Å². The van der Waals surface area contributed by atoms with Gasteiger partial charge in [0.2, 0.25) is 5.95 Å². The van der Waals surface area contributed by atoms with Gasteiger partial charge in [0.1, 0.15) is 5.69 Å². The van der Waals surface area contributed by atoms with E-state index in [2.05, 4.69) is 44.0 Å². The molecule has 2 heterocycles. The smallest absolute Gasteiger partial charge is 0.267 e. The number of rotatable bonds is 7. The van der Waals surface area contributed by atoms with Crippen LogP contribution in [0.15, 0.2) is 36.5 Å². The maximum absolute atomic E-state index is 11.3. The van der Waals surface area contributed by atoms with Crippen molar-refractivity contribution in [2.24, 2.45) is 5.73 Å². The molecule has 7 heteroatoms. The molecule has 7 nitrogen and oxygen atoms in total. The van der Waals surface area contributed by atoms with Crippen LogP contribution in [0.3, 0.4) is 0 Å². The number of anilines is 2. The van der Waals surface area contributed by atoms with Gasteiger partial charge in [-0.2, -0.15) is 0 Å². The van der Waals surface area contributed by atoms with Crippen LogP contribution in [0, 0.1) is 0 Å². The van der Waals surface area contributed by atoms with Crippen molar-refractivity contribution in [1.29, 1.82) is 0 Å². The van der Waals surface area contributed by atoms with E-state index in [4.69, 9.17) is 5.73 Å². The first-order chi connectivity index (χ1) is 13.6. The number of hydrogen-bond acceptors (Lipinski definition) is 6. The van der Waals surface area contributed by atoms with E-state index in [1.165, 1.54) is 24.1 Å². The van der Waals surface area contributed by atoms with E-state index in [9.17, 15) is 4.79 Å². The summed E-state index contributed by atoms with van der Waals surface area (Å²) in [5.41, 5.74) is 8.52. The summed E-state index contributed by atoms with van der Waals surface area (Å²) in [5, 5.41) is 0. The molecule has 0 bridgehead atoms. The quantitative estimate of drug-likeness (QED) is 0.788. The summed E-state index contributed by atoms with van der Waals surface area (Å²) in [6.45, 7) is 5.96. The van der Waals surface area contributed by atoms with Gasteiger partial charge < -0.3 is 15.5 Å². The Morgan fingerprint density at radius 3 is 2.64 bits per heavy atom. The lowest BCUT2D eigenvalue weighted by molar-refractivity contribution is 0.0995. The molecular weight excluding hydrogens is 352 g/mol. The largest absolute Gasteiger partial charge is 0.369 e. The van der Waals surface area contributed by atoms with Crippen molar-refractivity contribution in [3.05, 3.63) is 47.8 Å². The molecule has 2 N–H and O–H groups in total. The number of nitrogens with zero attached hydrogens (tertiary/aromatic N) is 5. The van der Waals surface area contributed by atoms with Crippen LogP contribution in [0.2, 0.25) is 0 Å². The number of hydrogen-bond donors (Lipinski definition) is 1. The van der Waals surface area contributed by atoms with Crippen LogP contribution >= 0.6 is 0 Å². The molecule has 2 fully saturated rings. The average molecular weight is 380 g/mol. The predicted octanol–water partition coefficient (Wildman–Crippen LogP) is 1.71. The molecule has 1 aromatic carbocycles. The highest BCUT2D eigenvalue weighted by Crippen LogP contribution is 2.44. The van der Waals surface area contributed by atoms with Crippen molar-refractivity contribution in [3.63, 3.8) is 0 Å². The summed E-state index contributed by atoms with van der Waals surface area (Å²) in [4.78, 5) is 26.8. The third-order valence-electron chi connectivity index (χ3n) is 5.66. The standard InChI is InChI=1S/C21H28N6O/c1-25(21-23-9-8-18(24-21)20(22)28)10-11-26-12-14-27(15-13-26)19-5-3-2-4-17(19)16-6-7-16/h2-5,8-9,16H,6-7,10-15H2,1H3,(H2,22,28). The summed E-state index contributed by atoms with van der Waals surface area (Å²) < 4.78 is 0. The van der Waals surface area contributed by atoms with E-state index in [1.54, 1.807) is 12.3 Å². The fourth-order valence-electron chi connectivity index (χ4n) is 3.79. The van der Waals surface area contributed by atoms with Gasteiger partial charge in [-0.1, -0.05) is 18.2 Å². The zero-order chi connectivity index (χ0) is 19.5. The average Bonchev–Trinajstić information content (AvgIpc) is 3.58. The first kappa shape index (κ1) is 18.7. The molecule has 2 aromatic rings. The van der Waals surface area contributed by atoms with Gasteiger partial charge in [0, 0.05) is 58.2 Å². The van der Waals surface area contributed by atoms with E-state index in [1.807, 2.05) is 11.9 Å². The van der Waals surface area contributed by atoms with Crippen molar-refractivity contribution in [1.82, 2.24) is 14.9 Å². The van der Waals surface area contributed by atoms with Crippen LogP contribution < -0.4 is 15.5 Å². The van der Waals surface area contributed by atoms with E-state index in [-0.39, 0.29) is 5.69 Å². The molecule has 28 heavy (non-hydrogen) atoms. The molecule has 1 amide bonds. The minimum atomic E-state index is -0.528. The van der Waals surface area contributed by atoms with Crippen LogP contribution in [0.25, 0.3) is 0 Å². The van der Waals surface area contributed by atoms with Gasteiger partial charge in [-0.15, -0.1) is 0 Å². The third kappa shape index (κ3) is 4.25. The van der Waals surface area contributed by atoms with Crippen LogP contribution in [0.1, 0.15) is 34.8 Å². The van der Waals surface area contributed by atoms with Gasteiger partial charge in [-0.25, -0.2) is 9.97 Å². The van der Waals surface area contributed by atoms with Crippen molar-refractivity contribution < 1.29 is 4.79 Å². The zero-order valence-electron chi connectivity index (χ0n) is 16.4. The Labute approximate surface area is 166 Å². The number of piperazine rings is 1. The Morgan fingerprint density at radius 1 is 1.18 bits per heavy atom. The molecule has 0 radical (unpaired) electrons. The monoisotopic (exact) mass is 380 g/mol. The second-order valence-electron chi connectivity index (χ2n) is 7.69. The number of nitrogens with two attached hydrogens (primary N) is 1. The number of likely N-dealkylation sites (N-methyl/N-ethyl adjacent to an activating group) is 1. The van der Waals surface area contributed by atoms with E-state index < -0.39 is 5.91 Å². The highest BCUT2D eigenvalue weighted by Gasteiger charge is 2.28. The second kappa shape index (κ2) is 8.14. The Hall–Kier alpha value is -2.67. The van der Waals surface area contributed by atoms with Crippen LogP contribution in [0.5, 0.6) is 0 Å². The zero-order valence-corrected chi connectivity index (χ0v) is 16.4. The lowest BCUT2D eigenvalue weighted by Crippen LogP contribution is -2.48. The second-order valence-corrected chi connectivity index (χ2v) is 7.69. The summed E-state index contributed by atoms with van der Waals surface area (Å²) in [6.07, 6.45) is 4.25. The number of carbonyl (C=O) groups is 1. The van der Waals surface area contributed by atoms with Gasteiger partial charge in [0.15, 0.2) is 0 Å². The first-order valence-corrected chi connectivity index (χ1v) is 10.0. The SMILES string of the molecule is CN(CCN1CCN(c2ccccc2C2CC2)CC1)c1nccc(C(N)=O)n1. The number of primary amides is 1. The molecule has 1 saturated carbocycles. The predicted molar refractivity (Wildman–Crippen MR) is 111 cm³/mol. The lowest BCUT2D eigenvalue weighted by atomic mass is 10.1. The van der Waals surface area contributed by atoms with E-state index >= 15 is 0 Å². The highest BCUT2D eigenvalue weighted by atomic mass is 16.1. The molecule has 1 saturated heterocycles. The van der Waals surface area contributed by atoms with Crippen molar-refractivity contribution in [2.45, 2.75) is 18.8 Å². The van der Waals surface area contributed by atoms with Gasteiger partial charge >= 0.3 is 0 Å². The molecule has 2 aliphatic rings. The third-order valence-corrected chi connectivity index (χ3v) is 5.66. The summed E-state index contributed by atoms with van der Waals surface area (Å²) in [6, 6.07) is 10.4. The Balaban J connectivity index is 1.29. The summed E-state index contributed by atoms with van der Waals surface area (Å²) in [5.74, 6) is 0.784. The molecule has 1 aromatic heterocycles. The molecule has 4 rings (SSSR count). The van der Waals surface area contributed by atoms with Crippen molar-refractivity contribution >= 4 is 17.5 Å². The van der Waals surface area contributed by atoms with Crippen molar-refractivity contribution in [2.75, 3.05) is 56.1 Å². The maximum atomic E-state index is 11.3. The van der Waals surface area contributed by atoms with E-state index in [0.29, 0.717) is 5.95 Å². The molecule has 1 aliphatic heterocycles. The van der Waals surface area contributed by atoms with E-state index in [0.717, 1.165) is 45.2 Å². The minimum absolute atomic E-state index is 0.250. The van der Waals surface area contributed by atoms with Crippen LogP contribution in [0.4, 0.5) is 11.6 Å². The van der Waals surface area contributed by atoms with Crippen LogP contribution in [-0.2, 0) is 0 Å². The normalized spacial score (nSPS) is 17.5. The lowest BCUT2D eigenvalue weighted by Gasteiger charge is -2.37. The van der Waals surface area contributed by atoms with Gasteiger partial charge in [-0.3, -0.25) is 9.69 Å². The van der Waals surface area contributed by atoms with Crippen LogP contribution in [-0.4, -0.2) is 67.1 Å². The van der Waals surface area contributed by atoms with Crippen molar-refractivity contribution in [3.8, 4) is 0 Å². The fourth-order valence-corrected chi connectivity index (χ4v) is 3.79. The highest BCUT2D eigenvalue weighted by molar-refractivity contribution is 5.90. The number of aromatic nitrogens is 2. The molecule has 0 atom stereocenters. The summed E-state index contributed by atoms with van der Waals surface area (Å²) in [7, 11) is 1.95. The van der Waals surface area contributed by atoms with Gasteiger partial charge in [0.05, 0.1) is 0 Å². The molecular formula is C21H28N6O. The maximum Gasteiger partial charge on any atom is 0.267 e. The Morgan fingerprint density at radius 2 is 1.93 bits per heavy atom. The Kier molecular flexibility index (Phi) is 5.43. The fraction of sp³-hybridized carbons (Fsp3) is 0.476. The molecule has 0 spiro atoms. The molecule has 0 unspecified atom stereocenters. The number of carbonyl (C=O) groups excluding carboxylic acids is 1. The summed E-state index contributed by atoms with van der Waals surface area (Å²) >= 11 is 0. The number of para-hydroxylation sites is 1. The Bertz CT molecular complexity index is 829. The minimum Gasteiger partial charge on any atom is -0.369 e. The first-order valence-electron chi connectivity index (χ1n) is 10.0. The topological polar surface area (TPSA) is 78.6 Å².